The highest BCUT2D eigenvalue weighted by atomic mass is 31.2. The van der Waals surface area contributed by atoms with Gasteiger partial charge in [0.1, 0.15) is 0 Å². The topological polar surface area (TPSA) is 66.8 Å². The Morgan fingerprint density at radius 1 is 0.439 bits per heavy atom. The van der Waals surface area contributed by atoms with Gasteiger partial charge in [0, 0.05) is 0 Å². The highest BCUT2D eigenvalue weighted by Gasteiger charge is 2.21. The standard InChI is InChI=1S/C36H75O4P/c1-4-5-6-7-8-9-10-11-12-13-14-18-21-24-27-30-33-36(40-41(37,38)39)34-31-28-25-22-19-16-15-17-20-23-26-29-32-35(2)3/h35-36H,4-34H2,1-3H3,(H2,37,38,39). The van der Waals surface area contributed by atoms with E-state index in [9.17, 15) is 14.4 Å². The van der Waals surface area contributed by atoms with E-state index in [-0.39, 0.29) is 6.10 Å². The number of hydrogen-bond donors (Lipinski definition) is 2. The molecule has 5 heteroatoms. The van der Waals surface area contributed by atoms with Gasteiger partial charge in [0.15, 0.2) is 0 Å². The SMILES string of the molecule is CCCCCCCCCCCCCCCCCCC(CCCCCCCCCCCCCCC(C)C)OP(=O)(O)O. The molecule has 0 aromatic heterocycles. The van der Waals surface area contributed by atoms with Crippen molar-refractivity contribution >= 4 is 7.82 Å². The molecule has 0 aliphatic rings. The molecule has 1 unspecified atom stereocenters. The first kappa shape index (κ1) is 41.1. The van der Waals surface area contributed by atoms with Crippen LogP contribution in [0.4, 0.5) is 0 Å². The summed E-state index contributed by atoms with van der Waals surface area (Å²) >= 11 is 0. The minimum Gasteiger partial charge on any atom is -0.303 e. The Bertz CT molecular complexity index is 548. The largest absolute Gasteiger partial charge is 0.469 e. The summed E-state index contributed by atoms with van der Waals surface area (Å²) in [6, 6.07) is 0. The third kappa shape index (κ3) is 36.2. The Balaban J connectivity index is 3.59. The Labute approximate surface area is 258 Å². The quantitative estimate of drug-likeness (QED) is 0.0568. The van der Waals surface area contributed by atoms with Gasteiger partial charge in [-0.05, 0) is 18.8 Å². The monoisotopic (exact) mass is 603 g/mol. The molecule has 0 saturated heterocycles. The molecule has 0 aromatic rings. The number of phosphoric acid groups is 1. The van der Waals surface area contributed by atoms with Gasteiger partial charge in [-0.3, -0.25) is 4.52 Å². The van der Waals surface area contributed by atoms with Crippen LogP contribution in [0.2, 0.25) is 0 Å². The molecule has 248 valence electrons. The first-order chi connectivity index (χ1) is 19.8. The van der Waals surface area contributed by atoms with Crippen LogP contribution in [-0.4, -0.2) is 15.9 Å². The molecule has 0 radical (unpaired) electrons. The molecule has 0 aliphatic carbocycles. The normalized spacial score (nSPS) is 12.9. The first-order valence-corrected chi connectivity index (χ1v) is 20.1. The number of rotatable bonds is 34. The van der Waals surface area contributed by atoms with Crippen molar-refractivity contribution in [3.05, 3.63) is 0 Å². The first-order valence-electron chi connectivity index (χ1n) is 18.6. The van der Waals surface area contributed by atoms with Crippen molar-refractivity contribution in [2.75, 3.05) is 0 Å². The molecule has 2 N–H and O–H groups in total. The average Bonchev–Trinajstić information content (AvgIpc) is 2.91. The van der Waals surface area contributed by atoms with Crippen LogP contribution in [0.5, 0.6) is 0 Å². The summed E-state index contributed by atoms with van der Waals surface area (Å²) in [5, 5.41) is 0. The summed E-state index contributed by atoms with van der Waals surface area (Å²) < 4.78 is 16.6. The van der Waals surface area contributed by atoms with E-state index in [1.165, 1.54) is 161 Å². The average molecular weight is 603 g/mol. The Kier molecular flexibility index (Phi) is 31.6. The summed E-state index contributed by atoms with van der Waals surface area (Å²) in [5.74, 6) is 0.850. The van der Waals surface area contributed by atoms with Crippen molar-refractivity contribution in [1.82, 2.24) is 0 Å². The zero-order valence-corrected chi connectivity index (χ0v) is 29.1. The van der Waals surface area contributed by atoms with Crippen LogP contribution in [0.15, 0.2) is 0 Å². The third-order valence-electron chi connectivity index (χ3n) is 8.72. The van der Waals surface area contributed by atoms with Crippen LogP contribution in [0.1, 0.15) is 220 Å². The number of hydrogen-bond acceptors (Lipinski definition) is 2. The summed E-state index contributed by atoms with van der Waals surface area (Å²) in [4.78, 5) is 18.7. The van der Waals surface area contributed by atoms with E-state index in [2.05, 4.69) is 20.8 Å². The van der Waals surface area contributed by atoms with Gasteiger partial charge in [-0.15, -0.1) is 0 Å². The second kappa shape index (κ2) is 31.5. The molecule has 0 rings (SSSR count). The van der Waals surface area contributed by atoms with E-state index in [0.29, 0.717) is 0 Å². The molecule has 1 atom stereocenters. The molecule has 0 spiro atoms. The molecule has 0 heterocycles. The van der Waals surface area contributed by atoms with Crippen LogP contribution < -0.4 is 0 Å². The second-order valence-electron chi connectivity index (χ2n) is 13.5. The van der Waals surface area contributed by atoms with Gasteiger partial charge in [-0.1, -0.05) is 207 Å². The predicted octanol–water partition coefficient (Wildman–Crippen LogP) is 13.2. The summed E-state index contributed by atoms with van der Waals surface area (Å²) in [6.07, 6.45) is 39.8. The Morgan fingerprint density at radius 3 is 0.927 bits per heavy atom. The Hall–Kier alpha value is 0.110. The number of phosphoric ester groups is 1. The van der Waals surface area contributed by atoms with Crippen molar-refractivity contribution in [2.45, 2.75) is 226 Å². The summed E-state index contributed by atoms with van der Waals surface area (Å²) in [6.45, 7) is 6.91. The van der Waals surface area contributed by atoms with Crippen molar-refractivity contribution in [1.29, 1.82) is 0 Å². The van der Waals surface area contributed by atoms with Gasteiger partial charge in [-0.2, -0.15) is 0 Å². The third-order valence-corrected chi connectivity index (χ3v) is 9.30. The fraction of sp³-hybridized carbons (Fsp3) is 1.00. The summed E-state index contributed by atoms with van der Waals surface area (Å²) in [5.41, 5.74) is 0. The molecule has 0 aliphatic heterocycles. The van der Waals surface area contributed by atoms with Crippen molar-refractivity contribution in [2.24, 2.45) is 5.92 Å². The van der Waals surface area contributed by atoms with Gasteiger partial charge >= 0.3 is 7.82 Å². The predicted molar refractivity (Wildman–Crippen MR) is 181 cm³/mol. The van der Waals surface area contributed by atoms with E-state index in [1.807, 2.05) is 0 Å². The van der Waals surface area contributed by atoms with Crippen LogP contribution in [-0.2, 0) is 9.09 Å². The fourth-order valence-electron chi connectivity index (χ4n) is 6.06. The molecule has 0 amide bonds. The van der Waals surface area contributed by atoms with Gasteiger partial charge in [0.25, 0.3) is 0 Å². The van der Waals surface area contributed by atoms with E-state index in [4.69, 9.17) is 4.52 Å². The van der Waals surface area contributed by atoms with E-state index in [1.54, 1.807) is 0 Å². The molecule has 0 saturated carbocycles. The van der Waals surface area contributed by atoms with Crippen LogP contribution in [0, 0.1) is 5.92 Å². The highest BCUT2D eigenvalue weighted by molar-refractivity contribution is 7.46. The molecule has 0 aromatic carbocycles. The lowest BCUT2D eigenvalue weighted by Gasteiger charge is -2.18. The van der Waals surface area contributed by atoms with E-state index < -0.39 is 7.82 Å². The van der Waals surface area contributed by atoms with Crippen molar-refractivity contribution in [3.63, 3.8) is 0 Å². The zero-order chi connectivity index (χ0) is 30.3. The fourth-order valence-corrected chi connectivity index (χ4v) is 6.66. The number of unbranched alkanes of at least 4 members (excludes halogenated alkanes) is 26. The lowest BCUT2D eigenvalue weighted by molar-refractivity contribution is 0.115. The maximum Gasteiger partial charge on any atom is 0.469 e. The summed E-state index contributed by atoms with van der Waals surface area (Å²) in [7, 11) is -4.40. The van der Waals surface area contributed by atoms with Gasteiger partial charge in [-0.25, -0.2) is 4.57 Å². The minimum atomic E-state index is -4.40. The van der Waals surface area contributed by atoms with E-state index in [0.717, 1.165) is 44.4 Å². The molecule has 41 heavy (non-hydrogen) atoms. The zero-order valence-electron chi connectivity index (χ0n) is 28.2. The van der Waals surface area contributed by atoms with Gasteiger partial charge in [0.2, 0.25) is 0 Å². The van der Waals surface area contributed by atoms with Crippen molar-refractivity contribution < 1.29 is 18.9 Å². The Morgan fingerprint density at radius 2 is 0.683 bits per heavy atom. The molecule has 0 bridgehead atoms. The highest BCUT2D eigenvalue weighted by Crippen LogP contribution is 2.39. The maximum absolute atomic E-state index is 11.4. The molecular formula is C36H75O4P. The van der Waals surface area contributed by atoms with Crippen LogP contribution >= 0.6 is 7.82 Å². The smallest absolute Gasteiger partial charge is 0.303 e. The lowest BCUT2D eigenvalue weighted by atomic mass is 10.0. The van der Waals surface area contributed by atoms with Gasteiger partial charge < -0.3 is 9.79 Å². The second-order valence-corrected chi connectivity index (χ2v) is 14.7. The van der Waals surface area contributed by atoms with Crippen LogP contribution in [0.3, 0.4) is 0 Å². The minimum absolute atomic E-state index is 0.289. The lowest BCUT2D eigenvalue weighted by Crippen LogP contribution is -2.11. The van der Waals surface area contributed by atoms with Crippen LogP contribution in [0.25, 0.3) is 0 Å². The molecule has 0 fully saturated rings. The maximum atomic E-state index is 11.4. The molecule has 4 nitrogen and oxygen atoms in total. The molecular weight excluding hydrogens is 527 g/mol. The van der Waals surface area contributed by atoms with Crippen molar-refractivity contribution in [3.8, 4) is 0 Å². The van der Waals surface area contributed by atoms with E-state index >= 15 is 0 Å². The van der Waals surface area contributed by atoms with Gasteiger partial charge in [0.05, 0.1) is 6.10 Å².